The smallest absolute Gasteiger partial charge is 0.408 e. The van der Waals surface area contributed by atoms with Crippen LogP contribution in [0.15, 0.2) is 12.3 Å². The molecule has 0 aromatic heterocycles. The molecular weight excluding hydrogens is 356 g/mol. The summed E-state index contributed by atoms with van der Waals surface area (Å²) in [6, 6.07) is 0. The van der Waals surface area contributed by atoms with Gasteiger partial charge in [-0.1, -0.05) is 19.5 Å². The van der Waals surface area contributed by atoms with Crippen molar-refractivity contribution in [1.29, 1.82) is 0 Å². The molecule has 0 radical (unpaired) electrons. The molecule has 144 valence electrons. The fraction of sp³-hybridized carbons (Fsp3) is 0.875. The lowest BCUT2D eigenvalue weighted by atomic mass is 10.3. The number of hydrogen-bond acceptors (Lipinski definition) is 5. The first kappa shape index (κ1) is 24.2. The monoisotopic (exact) mass is 394 g/mol. The van der Waals surface area contributed by atoms with Gasteiger partial charge in [-0.3, -0.25) is 0 Å². The van der Waals surface area contributed by atoms with Gasteiger partial charge in [-0.2, -0.15) is 0 Å². The summed E-state index contributed by atoms with van der Waals surface area (Å²) < 4.78 is 30.2. The third-order valence-corrected chi connectivity index (χ3v) is 14.3. The zero-order valence-corrected chi connectivity index (χ0v) is 20.3. The van der Waals surface area contributed by atoms with Crippen molar-refractivity contribution in [3.05, 3.63) is 12.3 Å². The van der Waals surface area contributed by atoms with Crippen LogP contribution in [-0.2, 0) is 22.1 Å². The minimum absolute atomic E-state index is 0.206. The molecule has 0 fully saturated rings. The Labute approximate surface area is 152 Å². The highest BCUT2D eigenvalue weighted by atomic mass is 28.4. The Bertz CT molecular complexity index is 391. The van der Waals surface area contributed by atoms with E-state index in [9.17, 15) is 0 Å². The van der Waals surface area contributed by atoms with E-state index in [1.54, 1.807) is 21.3 Å². The van der Waals surface area contributed by atoms with Gasteiger partial charge in [-0.15, -0.1) is 6.58 Å². The van der Waals surface area contributed by atoms with Crippen LogP contribution >= 0.6 is 0 Å². The van der Waals surface area contributed by atoms with Gasteiger partial charge in [0.25, 0.3) is 0 Å². The highest BCUT2D eigenvalue weighted by molar-refractivity contribution is 6.80. The molecule has 0 aliphatic rings. The Hall–Kier alpha value is 0.191. The van der Waals surface area contributed by atoms with Gasteiger partial charge < -0.3 is 22.1 Å². The molecule has 5 nitrogen and oxygen atoms in total. The lowest BCUT2D eigenvalue weighted by Crippen LogP contribution is -2.65. The molecule has 0 heterocycles. The van der Waals surface area contributed by atoms with E-state index in [1.165, 1.54) is 0 Å². The molecule has 0 aromatic carbocycles. The van der Waals surface area contributed by atoms with Gasteiger partial charge in [-0.25, -0.2) is 0 Å². The normalized spacial score (nSPS) is 17.4. The van der Waals surface area contributed by atoms with E-state index >= 15 is 0 Å². The molecular formula is C16H38O5Si3. The van der Waals surface area contributed by atoms with Crippen LogP contribution in [0.25, 0.3) is 0 Å². The molecule has 24 heavy (non-hydrogen) atoms. The van der Waals surface area contributed by atoms with Gasteiger partial charge in [0, 0.05) is 21.3 Å². The zero-order valence-electron chi connectivity index (χ0n) is 17.3. The topological polar surface area (TPSA) is 46.2 Å². The minimum atomic E-state index is -2.87. The second-order valence-electron chi connectivity index (χ2n) is 7.24. The highest BCUT2D eigenvalue weighted by Crippen LogP contribution is 2.35. The molecule has 2 unspecified atom stereocenters. The Morgan fingerprint density at radius 3 is 1.75 bits per heavy atom. The average Bonchev–Trinajstić information content (AvgIpc) is 2.54. The van der Waals surface area contributed by atoms with Crippen LogP contribution < -0.4 is 0 Å². The van der Waals surface area contributed by atoms with Crippen molar-refractivity contribution < 1.29 is 22.1 Å². The van der Waals surface area contributed by atoms with E-state index in [2.05, 4.69) is 53.5 Å². The highest BCUT2D eigenvalue weighted by Gasteiger charge is 2.54. The third-order valence-electron chi connectivity index (χ3n) is 4.98. The molecule has 0 saturated heterocycles. The van der Waals surface area contributed by atoms with Crippen LogP contribution in [0.1, 0.15) is 33.6 Å². The van der Waals surface area contributed by atoms with E-state index < -0.39 is 25.4 Å². The van der Waals surface area contributed by atoms with Gasteiger partial charge in [0.1, 0.15) is 5.73 Å². The molecule has 8 heteroatoms. The van der Waals surface area contributed by atoms with E-state index in [0.717, 1.165) is 12.8 Å². The van der Waals surface area contributed by atoms with Gasteiger partial charge >= 0.3 is 8.80 Å². The maximum Gasteiger partial charge on any atom is 0.529 e. The average molecular weight is 395 g/mol. The summed E-state index contributed by atoms with van der Waals surface area (Å²) >= 11 is 0. The molecule has 0 bridgehead atoms. The van der Waals surface area contributed by atoms with Crippen molar-refractivity contribution >= 4 is 25.4 Å². The van der Waals surface area contributed by atoms with E-state index in [0.29, 0.717) is 0 Å². The molecule has 0 rings (SSSR count). The maximum atomic E-state index is 6.66. The Balaban J connectivity index is 5.63. The van der Waals surface area contributed by atoms with Crippen molar-refractivity contribution in [2.24, 2.45) is 0 Å². The molecule has 2 atom stereocenters. The van der Waals surface area contributed by atoms with Crippen molar-refractivity contribution in [2.45, 2.75) is 70.8 Å². The maximum absolute atomic E-state index is 6.66. The standard InChI is InChI=1S/C16H38O5Si3/c1-12-15(24(17-5,18-6)19-7)20-23(10,11)16(4,13-2)21-22(8,9)14-3/h14-15H,3,12-13H2,1-2,4-11H3. The predicted molar refractivity (Wildman–Crippen MR) is 107 cm³/mol. The second-order valence-corrected chi connectivity index (χ2v) is 18.4. The summed E-state index contributed by atoms with van der Waals surface area (Å²) in [7, 11) is -2.19. The fourth-order valence-electron chi connectivity index (χ4n) is 2.77. The zero-order chi connectivity index (χ0) is 19.2. The van der Waals surface area contributed by atoms with E-state index in [4.69, 9.17) is 22.1 Å². The molecule has 0 aromatic rings. The molecule has 0 N–H and O–H groups in total. The Morgan fingerprint density at radius 1 is 1.00 bits per heavy atom. The molecule has 0 saturated carbocycles. The second kappa shape index (κ2) is 9.22. The first-order chi connectivity index (χ1) is 10.9. The molecule has 0 spiro atoms. The minimum Gasteiger partial charge on any atom is -0.408 e. The quantitative estimate of drug-likeness (QED) is 0.467. The Morgan fingerprint density at radius 2 is 1.46 bits per heavy atom. The largest absolute Gasteiger partial charge is 0.529 e. The van der Waals surface area contributed by atoms with Crippen LogP contribution in [0.5, 0.6) is 0 Å². The fourth-order valence-corrected chi connectivity index (χ4v) is 11.2. The number of hydrogen-bond donors (Lipinski definition) is 0. The van der Waals surface area contributed by atoms with Crippen LogP contribution in [0.4, 0.5) is 0 Å². The molecule has 0 amide bonds. The summed E-state index contributed by atoms with van der Waals surface area (Å²) in [5.74, 6) is 0. The molecule has 0 aliphatic heterocycles. The first-order valence-electron chi connectivity index (χ1n) is 8.60. The summed E-state index contributed by atoms with van der Waals surface area (Å²) in [5, 5.41) is -0.320. The molecule has 0 aliphatic carbocycles. The Kier molecular flexibility index (Phi) is 9.29. The third kappa shape index (κ3) is 5.34. The van der Waals surface area contributed by atoms with Crippen molar-refractivity contribution in [2.75, 3.05) is 21.3 Å². The SMILES string of the molecule is C=C[Si](C)(C)OC(C)(CC)[Si](C)(C)OC(CC)[Si](OC)(OC)OC. The van der Waals surface area contributed by atoms with Gasteiger partial charge in [0.15, 0.2) is 0 Å². The van der Waals surface area contributed by atoms with Crippen LogP contribution in [0.2, 0.25) is 26.2 Å². The van der Waals surface area contributed by atoms with Crippen LogP contribution in [0.3, 0.4) is 0 Å². The van der Waals surface area contributed by atoms with Gasteiger partial charge in [0.05, 0.1) is 5.22 Å². The van der Waals surface area contributed by atoms with Gasteiger partial charge in [-0.05, 0) is 46.0 Å². The van der Waals surface area contributed by atoms with Crippen molar-refractivity contribution in [3.63, 3.8) is 0 Å². The van der Waals surface area contributed by atoms with Crippen LogP contribution in [-0.4, -0.2) is 57.7 Å². The summed E-state index contributed by atoms with van der Waals surface area (Å²) in [5.41, 5.74) is 1.77. The lowest BCUT2D eigenvalue weighted by molar-refractivity contribution is 0.0479. The lowest BCUT2D eigenvalue weighted by Gasteiger charge is -2.47. The summed E-state index contributed by atoms with van der Waals surface area (Å²) in [4.78, 5) is 0. The van der Waals surface area contributed by atoms with Crippen molar-refractivity contribution in [3.8, 4) is 0 Å². The van der Waals surface area contributed by atoms with Crippen LogP contribution in [0, 0.1) is 0 Å². The summed E-state index contributed by atoms with van der Waals surface area (Å²) in [6.45, 7) is 19.1. The van der Waals surface area contributed by atoms with Gasteiger partial charge in [0.2, 0.25) is 16.6 Å². The predicted octanol–water partition coefficient (Wildman–Crippen LogP) is 4.06. The van der Waals surface area contributed by atoms with E-state index in [1.807, 2.05) is 5.70 Å². The van der Waals surface area contributed by atoms with Crippen molar-refractivity contribution in [1.82, 2.24) is 0 Å². The number of rotatable bonds is 12. The first-order valence-corrected chi connectivity index (χ1v) is 16.3. The van der Waals surface area contributed by atoms with E-state index in [-0.39, 0.29) is 11.0 Å². The summed E-state index contributed by atoms with van der Waals surface area (Å²) in [6.07, 6.45) is 1.65.